The van der Waals surface area contributed by atoms with Crippen LogP contribution in [0.15, 0.2) is 60.9 Å². The predicted molar refractivity (Wildman–Crippen MR) is 89.2 cm³/mol. The van der Waals surface area contributed by atoms with Crippen LogP contribution >= 0.6 is 0 Å². The van der Waals surface area contributed by atoms with Crippen LogP contribution in [0.1, 0.15) is 19.4 Å². The van der Waals surface area contributed by atoms with Crippen molar-refractivity contribution in [1.29, 1.82) is 0 Å². The molecule has 2 nitrogen and oxygen atoms in total. The van der Waals surface area contributed by atoms with Gasteiger partial charge in [-0.1, -0.05) is 62.4 Å². The predicted octanol–water partition coefficient (Wildman–Crippen LogP) is 4.40. The maximum absolute atomic E-state index is 4.36. The van der Waals surface area contributed by atoms with E-state index in [-0.39, 0.29) is 0 Å². The third-order valence-corrected chi connectivity index (χ3v) is 3.65. The Bertz CT molecular complexity index is 725. The summed E-state index contributed by atoms with van der Waals surface area (Å²) in [6.45, 7) is 5.23. The van der Waals surface area contributed by atoms with Crippen LogP contribution < -0.4 is 5.32 Å². The molecule has 21 heavy (non-hydrogen) atoms. The molecule has 0 saturated carbocycles. The fourth-order valence-corrected chi connectivity index (χ4v) is 2.47. The lowest BCUT2D eigenvalue weighted by Crippen LogP contribution is -2.21. The minimum Gasteiger partial charge on any atom is -0.310 e. The molecule has 3 aromatic rings. The molecule has 0 bridgehead atoms. The van der Waals surface area contributed by atoms with Crippen LogP contribution in [-0.4, -0.2) is 11.0 Å². The highest BCUT2D eigenvalue weighted by Crippen LogP contribution is 2.27. The van der Waals surface area contributed by atoms with E-state index >= 15 is 0 Å². The van der Waals surface area contributed by atoms with Crippen LogP contribution in [0.25, 0.3) is 21.9 Å². The molecule has 0 amide bonds. The Kier molecular flexibility index (Phi) is 3.98. The summed E-state index contributed by atoms with van der Waals surface area (Å²) >= 11 is 0. The molecule has 2 heteroatoms. The summed E-state index contributed by atoms with van der Waals surface area (Å²) in [6, 6.07) is 17.6. The molecule has 0 saturated heterocycles. The van der Waals surface area contributed by atoms with Gasteiger partial charge >= 0.3 is 0 Å². The number of hydrogen-bond acceptors (Lipinski definition) is 2. The fraction of sp³-hybridized carbons (Fsp3) is 0.211. The van der Waals surface area contributed by atoms with E-state index in [1.54, 1.807) is 0 Å². The van der Waals surface area contributed by atoms with Crippen LogP contribution in [-0.2, 0) is 6.54 Å². The molecule has 1 N–H and O–H groups in total. The van der Waals surface area contributed by atoms with Crippen molar-refractivity contribution in [3.05, 3.63) is 66.5 Å². The Balaban J connectivity index is 1.92. The number of nitrogens with zero attached hydrogens (tertiary/aromatic N) is 1. The van der Waals surface area contributed by atoms with Crippen molar-refractivity contribution in [3.8, 4) is 11.1 Å². The molecule has 3 rings (SSSR count). The van der Waals surface area contributed by atoms with E-state index in [0.717, 1.165) is 6.54 Å². The molecule has 2 aromatic carbocycles. The van der Waals surface area contributed by atoms with Crippen molar-refractivity contribution in [2.45, 2.75) is 26.4 Å². The highest BCUT2D eigenvalue weighted by atomic mass is 14.9. The second-order valence-corrected chi connectivity index (χ2v) is 5.64. The van der Waals surface area contributed by atoms with Gasteiger partial charge in [0.15, 0.2) is 0 Å². The van der Waals surface area contributed by atoms with Crippen molar-refractivity contribution in [1.82, 2.24) is 10.3 Å². The topological polar surface area (TPSA) is 24.9 Å². The Morgan fingerprint density at radius 1 is 0.952 bits per heavy atom. The normalized spacial score (nSPS) is 11.2. The first-order valence-corrected chi connectivity index (χ1v) is 7.39. The first-order chi connectivity index (χ1) is 10.2. The van der Waals surface area contributed by atoms with E-state index in [2.05, 4.69) is 72.7 Å². The summed E-state index contributed by atoms with van der Waals surface area (Å²) in [5, 5.41) is 5.87. The van der Waals surface area contributed by atoms with Crippen LogP contribution in [0.2, 0.25) is 0 Å². The lowest BCUT2D eigenvalue weighted by atomic mass is 10.00. The summed E-state index contributed by atoms with van der Waals surface area (Å²) in [5.41, 5.74) is 3.71. The first-order valence-electron chi connectivity index (χ1n) is 7.39. The lowest BCUT2D eigenvalue weighted by Gasteiger charge is -2.10. The van der Waals surface area contributed by atoms with E-state index < -0.39 is 0 Å². The van der Waals surface area contributed by atoms with E-state index in [1.165, 1.54) is 27.5 Å². The Morgan fingerprint density at radius 3 is 2.48 bits per heavy atom. The monoisotopic (exact) mass is 276 g/mol. The minimum atomic E-state index is 0.506. The maximum atomic E-state index is 4.36. The Hall–Kier alpha value is -2.19. The molecule has 0 unspecified atom stereocenters. The molecule has 0 aliphatic rings. The van der Waals surface area contributed by atoms with E-state index in [4.69, 9.17) is 0 Å². The second-order valence-electron chi connectivity index (χ2n) is 5.64. The molecule has 106 valence electrons. The Labute approximate surface area is 125 Å². The minimum absolute atomic E-state index is 0.506. The zero-order chi connectivity index (χ0) is 14.7. The molecule has 0 spiro atoms. The summed E-state index contributed by atoms with van der Waals surface area (Å²) in [7, 11) is 0. The van der Waals surface area contributed by atoms with Gasteiger partial charge in [0.1, 0.15) is 0 Å². The number of rotatable bonds is 4. The van der Waals surface area contributed by atoms with Gasteiger partial charge in [0, 0.05) is 35.9 Å². The molecule has 0 radical (unpaired) electrons. The van der Waals surface area contributed by atoms with Gasteiger partial charge in [-0.2, -0.15) is 0 Å². The van der Waals surface area contributed by atoms with Crippen LogP contribution in [0.3, 0.4) is 0 Å². The summed E-state index contributed by atoms with van der Waals surface area (Å²) in [6.07, 6.45) is 3.86. The zero-order valence-corrected chi connectivity index (χ0v) is 12.5. The number of aromatic nitrogens is 1. The van der Waals surface area contributed by atoms with Gasteiger partial charge < -0.3 is 5.32 Å². The Morgan fingerprint density at radius 2 is 1.71 bits per heavy atom. The molecule has 0 fully saturated rings. The molecule has 1 heterocycles. The average Bonchev–Trinajstić information content (AvgIpc) is 2.53. The standard InChI is InChI=1S/C19H20N2/c1-14(2)21-11-15-7-9-16(10-8-15)19-13-20-12-17-5-3-4-6-18(17)19/h3-10,12-14,21H,11H2,1-2H3. The van der Waals surface area contributed by atoms with E-state index in [0.29, 0.717) is 6.04 Å². The van der Waals surface area contributed by atoms with Crippen LogP contribution in [0.5, 0.6) is 0 Å². The zero-order valence-electron chi connectivity index (χ0n) is 12.5. The lowest BCUT2D eigenvalue weighted by molar-refractivity contribution is 0.589. The van der Waals surface area contributed by atoms with Crippen molar-refractivity contribution in [3.63, 3.8) is 0 Å². The summed E-state index contributed by atoms with van der Waals surface area (Å²) in [5.74, 6) is 0. The van der Waals surface area contributed by atoms with E-state index in [9.17, 15) is 0 Å². The molecule has 1 aromatic heterocycles. The second kappa shape index (κ2) is 6.06. The summed E-state index contributed by atoms with van der Waals surface area (Å²) < 4.78 is 0. The van der Waals surface area contributed by atoms with Crippen LogP contribution in [0, 0.1) is 0 Å². The third-order valence-electron chi connectivity index (χ3n) is 3.65. The number of fused-ring (bicyclic) bond motifs is 1. The van der Waals surface area contributed by atoms with Crippen molar-refractivity contribution < 1.29 is 0 Å². The van der Waals surface area contributed by atoms with Gasteiger partial charge in [0.05, 0.1) is 0 Å². The number of benzene rings is 2. The van der Waals surface area contributed by atoms with E-state index in [1.807, 2.05) is 12.4 Å². The first kappa shape index (κ1) is 13.8. The molecule has 0 aliphatic carbocycles. The van der Waals surface area contributed by atoms with Crippen LogP contribution in [0.4, 0.5) is 0 Å². The summed E-state index contributed by atoms with van der Waals surface area (Å²) in [4.78, 5) is 4.36. The SMILES string of the molecule is CC(C)NCc1ccc(-c2cncc3ccccc23)cc1. The van der Waals surface area contributed by atoms with Crippen molar-refractivity contribution >= 4 is 10.8 Å². The number of pyridine rings is 1. The van der Waals surface area contributed by atoms with Gasteiger partial charge in [-0.05, 0) is 16.5 Å². The number of nitrogens with one attached hydrogen (secondary N) is 1. The highest BCUT2D eigenvalue weighted by molar-refractivity contribution is 5.95. The third kappa shape index (κ3) is 3.11. The molecule has 0 aliphatic heterocycles. The van der Waals surface area contributed by atoms with Gasteiger partial charge in [-0.25, -0.2) is 0 Å². The molecular weight excluding hydrogens is 256 g/mol. The molecular formula is C19H20N2. The van der Waals surface area contributed by atoms with Crippen molar-refractivity contribution in [2.24, 2.45) is 0 Å². The maximum Gasteiger partial charge on any atom is 0.0352 e. The fourth-order valence-electron chi connectivity index (χ4n) is 2.47. The number of hydrogen-bond donors (Lipinski definition) is 1. The average molecular weight is 276 g/mol. The van der Waals surface area contributed by atoms with Gasteiger partial charge in [-0.15, -0.1) is 0 Å². The van der Waals surface area contributed by atoms with Gasteiger partial charge in [0.25, 0.3) is 0 Å². The largest absolute Gasteiger partial charge is 0.310 e. The van der Waals surface area contributed by atoms with Gasteiger partial charge in [0.2, 0.25) is 0 Å². The quantitative estimate of drug-likeness (QED) is 0.764. The highest BCUT2D eigenvalue weighted by Gasteiger charge is 2.04. The smallest absolute Gasteiger partial charge is 0.0352 e. The van der Waals surface area contributed by atoms with Crippen molar-refractivity contribution in [2.75, 3.05) is 0 Å². The molecule has 0 atom stereocenters. The van der Waals surface area contributed by atoms with Gasteiger partial charge in [-0.3, -0.25) is 4.98 Å².